The van der Waals surface area contributed by atoms with E-state index in [4.69, 9.17) is 0 Å². The van der Waals surface area contributed by atoms with Crippen LogP contribution in [0, 0.1) is 6.92 Å². The van der Waals surface area contributed by atoms with Crippen molar-refractivity contribution < 1.29 is 18.0 Å². The second-order valence-electron chi connectivity index (χ2n) is 3.58. The van der Waals surface area contributed by atoms with E-state index >= 15 is 0 Å². The molecule has 0 saturated carbocycles. The fourth-order valence-corrected chi connectivity index (χ4v) is 2.40. The van der Waals surface area contributed by atoms with Crippen molar-refractivity contribution in [3.8, 4) is 0 Å². The molecule has 1 N–H and O–H groups in total. The third-order valence-corrected chi connectivity index (χ3v) is 3.66. The highest BCUT2D eigenvalue weighted by molar-refractivity contribution is 7.89. The van der Waals surface area contributed by atoms with Crippen LogP contribution in [0.1, 0.15) is 12.0 Å². The zero-order chi connectivity index (χ0) is 12.9. The number of carbonyl (C=O) groups excluding carboxylic acids is 2. The number of sulfonamides is 1. The number of nitrogens with one attached hydrogen (secondary N) is 1. The van der Waals surface area contributed by atoms with E-state index in [1.54, 1.807) is 12.1 Å². The Morgan fingerprint density at radius 1 is 1.24 bits per heavy atom. The van der Waals surface area contributed by atoms with Crippen LogP contribution in [0.25, 0.3) is 0 Å². The van der Waals surface area contributed by atoms with E-state index < -0.39 is 16.1 Å². The molecule has 0 spiro atoms. The number of rotatable bonds is 6. The van der Waals surface area contributed by atoms with Crippen molar-refractivity contribution in [2.75, 3.05) is 0 Å². The van der Waals surface area contributed by atoms with E-state index in [-0.39, 0.29) is 11.3 Å². The minimum absolute atomic E-state index is 0.0702. The highest BCUT2D eigenvalue weighted by Crippen LogP contribution is 2.10. The molecule has 0 aliphatic heterocycles. The molecule has 0 aliphatic rings. The van der Waals surface area contributed by atoms with Crippen LogP contribution in [0.15, 0.2) is 29.2 Å². The van der Waals surface area contributed by atoms with Gasteiger partial charge in [-0.05, 0) is 19.1 Å². The topological polar surface area (TPSA) is 80.3 Å². The van der Waals surface area contributed by atoms with Gasteiger partial charge in [-0.15, -0.1) is 0 Å². The maximum absolute atomic E-state index is 11.8. The van der Waals surface area contributed by atoms with E-state index in [2.05, 4.69) is 4.72 Å². The number of hydrogen-bond donors (Lipinski definition) is 1. The van der Waals surface area contributed by atoms with Crippen molar-refractivity contribution in [3.63, 3.8) is 0 Å². The Bertz CT molecular complexity index is 493. The summed E-state index contributed by atoms with van der Waals surface area (Å²) in [6.07, 6.45) is 0.728. The van der Waals surface area contributed by atoms with Crippen molar-refractivity contribution in [1.29, 1.82) is 0 Å². The molecule has 0 aromatic heterocycles. The highest BCUT2D eigenvalue weighted by Gasteiger charge is 2.18. The van der Waals surface area contributed by atoms with Crippen LogP contribution in [0.4, 0.5) is 0 Å². The first-order valence-electron chi connectivity index (χ1n) is 4.97. The molecule has 6 heteroatoms. The Morgan fingerprint density at radius 3 is 2.29 bits per heavy atom. The molecule has 1 rings (SSSR count). The fourth-order valence-electron chi connectivity index (χ4n) is 1.22. The van der Waals surface area contributed by atoms with Gasteiger partial charge in [-0.3, -0.25) is 0 Å². The molecule has 1 atom stereocenters. The first kappa shape index (κ1) is 13.5. The highest BCUT2D eigenvalue weighted by atomic mass is 32.2. The predicted molar refractivity (Wildman–Crippen MR) is 62.0 cm³/mol. The first-order chi connectivity index (χ1) is 7.99. The summed E-state index contributed by atoms with van der Waals surface area (Å²) in [5, 5.41) is 0. The largest absolute Gasteiger partial charge is 0.303 e. The minimum Gasteiger partial charge on any atom is -0.303 e. The maximum atomic E-state index is 11.8. The fraction of sp³-hybridized carbons (Fsp3) is 0.273. The minimum atomic E-state index is -3.75. The van der Waals surface area contributed by atoms with E-state index in [1.807, 2.05) is 6.92 Å². The van der Waals surface area contributed by atoms with Gasteiger partial charge in [0.05, 0.1) is 10.9 Å². The molecule has 92 valence electrons. The Morgan fingerprint density at radius 2 is 1.82 bits per heavy atom. The van der Waals surface area contributed by atoms with Gasteiger partial charge in [-0.25, -0.2) is 13.1 Å². The SMILES string of the molecule is Cc1ccc(S(=O)(=O)N[C@H](C=O)CC=O)cc1. The van der Waals surface area contributed by atoms with Crippen LogP contribution < -0.4 is 4.72 Å². The molecular weight excluding hydrogens is 242 g/mol. The maximum Gasteiger partial charge on any atom is 0.241 e. The summed E-state index contributed by atoms with van der Waals surface area (Å²) in [5.41, 5.74) is 0.934. The molecule has 1 aromatic rings. The van der Waals surface area contributed by atoms with Crippen LogP contribution in [0.5, 0.6) is 0 Å². The standard InChI is InChI=1S/C11H13NO4S/c1-9-2-4-11(5-3-9)17(15,16)12-10(8-14)6-7-13/h2-5,7-8,10,12H,6H2,1H3/t10-/m0/s1. The second kappa shape index (κ2) is 5.70. The monoisotopic (exact) mass is 255 g/mol. The second-order valence-corrected chi connectivity index (χ2v) is 5.29. The quantitative estimate of drug-likeness (QED) is 0.747. The summed E-state index contributed by atoms with van der Waals surface area (Å²) in [4.78, 5) is 20.9. The molecule has 0 radical (unpaired) electrons. The summed E-state index contributed by atoms with van der Waals surface area (Å²) < 4.78 is 25.8. The van der Waals surface area contributed by atoms with Crippen molar-refractivity contribution in [2.45, 2.75) is 24.3 Å². The number of aryl methyl sites for hydroxylation is 1. The molecule has 0 amide bonds. The van der Waals surface area contributed by atoms with Gasteiger partial charge in [0.1, 0.15) is 12.6 Å². The zero-order valence-electron chi connectivity index (χ0n) is 9.29. The molecular formula is C11H13NO4S. The average Bonchev–Trinajstić information content (AvgIpc) is 2.28. The first-order valence-corrected chi connectivity index (χ1v) is 6.46. The Hall–Kier alpha value is -1.53. The number of aldehydes is 2. The molecule has 17 heavy (non-hydrogen) atoms. The lowest BCUT2D eigenvalue weighted by molar-refractivity contribution is -0.113. The van der Waals surface area contributed by atoms with Crippen LogP contribution in [0.2, 0.25) is 0 Å². The summed E-state index contributed by atoms with van der Waals surface area (Å²) >= 11 is 0. The Balaban J connectivity index is 2.91. The zero-order valence-corrected chi connectivity index (χ0v) is 10.1. The lowest BCUT2D eigenvalue weighted by Gasteiger charge is -2.10. The third-order valence-electron chi connectivity index (χ3n) is 2.15. The van der Waals surface area contributed by atoms with Gasteiger partial charge in [-0.2, -0.15) is 0 Å². The Kier molecular flexibility index (Phi) is 4.53. The summed E-state index contributed by atoms with van der Waals surface area (Å²) in [6.45, 7) is 1.84. The van der Waals surface area contributed by atoms with Gasteiger partial charge in [0.2, 0.25) is 10.0 Å². The molecule has 5 nitrogen and oxygen atoms in total. The van der Waals surface area contributed by atoms with Crippen LogP contribution in [0.3, 0.4) is 0 Å². The van der Waals surface area contributed by atoms with Crippen LogP contribution in [-0.4, -0.2) is 27.0 Å². The van der Waals surface area contributed by atoms with Gasteiger partial charge in [-0.1, -0.05) is 17.7 Å². The average molecular weight is 255 g/mol. The van der Waals surface area contributed by atoms with Gasteiger partial charge in [0.15, 0.2) is 0 Å². The van der Waals surface area contributed by atoms with E-state index in [9.17, 15) is 18.0 Å². The number of hydrogen-bond acceptors (Lipinski definition) is 4. The molecule has 0 aliphatic carbocycles. The van der Waals surface area contributed by atoms with Crippen molar-refractivity contribution in [2.24, 2.45) is 0 Å². The number of benzene rings is 1. The molecule has 0 bridgehead atoms. The van der Waals surface area contributed by atoms with Gasteiger partial charge >= 0.3 is 0 Å². The lowest BCUT2D eigenvalue weighted by atomic mass is 10.2. The predicted octanol–water partition coefficient (Wildman–Crippen LogP) is 0.430. The van der Waals surface area contributed by atoms with E-state index in [1.165, 1.54) is 12.1 Å². The van der Waals surface area contributed by atoms with Crippen LogP contribution >= 0.6 is 0 Å². The lowest BCUT2D eigenvalue weighted by Crippen LogP contribution is -2.36. The summed E-state index contributed by atoms with van der Waals surface area (Å²) in [7, 11) is -3.75. The molecule has 1 aromatic carbocycles. The van der Waals surface area contributed by atoms with E-state index in [0.29, 0.717) is 12.6 Å². The normalized spacial score (nSPS) is 13.0. The van der Waals surface area contributed by atoms with Crippen molar-refractivity contribution in [1.82, 2.24) is 4.72 Å². The smallest absolute Gasteiger partial charge is 0.241 e. The molecule has 0 heterocycles. The molecule has 0 saturated heterocycles. The van der Waals surface area contributed by atoms with Gasteiger partial charge in [0.25, 0.3) is 0 Å². The molecule has 0 unspecified atom stereocenters. The summed E-state index contributed by atoms with van der Waals surface area (Å²) in [6, 6.07) is 5.19. The van der Waals surface area contributed by atoms with E-state index in [0.717, 1.165) is 5.56 Å². The van der Waals surface area contributed by atoms with Crippen molar-refractivity contribution >= 4 is 22.6 Å². The van der Waals surface area contributed by atoms with Crippen molar-refractivity contribution in [3.05, 3.63) is 29.8 Å². The molecule has 0 fully saturated rings. The Labute approximate surface area is 99.9 Å². The third kappa shape index (κ3) is 3.76. The van der Waals surface area contributed by atoms with Gasteiger partial charge in [0, 0.05) is 6.42 Å². The van der Waals surface area contributed by atoms with Crippen LogP contribution in [-0.2, 0) is 19.6 Å². The summed E-state index contributed by atoms with van der Waals surface area (Å²) in [5.74, 6) is 0. The van der Waals surface area contributed by atoms with Gasteiger partial charge < -0.3 is 9.59 Å². The number of carbonyl (C=O) groups is 2.